The van der Waals surface area contributed by atoms with Crippen molar-refractivity contribution >= 4 is 23.1 Å². The van der Waals surface area contributed by atoms with E-state index < -0.39 is 5.41 Å². The summed E-state index contributed by atoms with van der Waals surface area (Å²) in [6, 6.07) is 0.272. The van der Waals surface area contributed by atoms with Gasteiger partial charge in [0.1, 0.15) is 0 Å². The molecule has 1 aliphatic carbocycles. The van der Waals surface area contributed by atoms with E-state index in [1.54, 1.807) is 0 Å². The van der Waals surface area contributed by atoms with E-state index in [9.17, 15) is 4.79 Å². The van der Waals surface area contributed by atoms with Gasteiger partial charge in [-0.25, -0.2) is 0 Å². The molecule has 0 spiro atoms. The van der Waals surface area contributed by atoms with Gasteiger partial charge in [-0.05, 0) is 31.6 Å². The quantitative estimate of drug-likeness (QED) is 0.786. The number of nitrogens with two attached hydrogens (primary N) is 1. The molecule has 4 nitrogen and oxygen atoms in total. The number of rotatable bonds is 3. The van der Waals surface area contributed by atoms with Crippen LogP contribution >= 0.6 is 12.2 Å². The molecule has 1 saturated heterocycles. The van der Waals surface area contributed by atoms with Crippen LogP contribution < -0.4 is 5.73 Å². The Labute approximate surface area is 114 Å². The summed E-state index contributed by atoms with van der Waals surface area (Å²) < 4.78 is 5.33. The lowest BCUT2D eigenvalue weighted by atomic mass is 9.61. The first-order valence-corrected chi connectivity index (χ1v) is 7.03. The minimum Gasteiger partial charge on any atom is -0.392 e. The Kier molecular flexibility index (Phi) is 3.92. The third kappa shape index (κ3) is 2.26. The second kappa shape index (κ2) is 5.13. The van der Waals surface area contributed by atoms with Crippen molar-refractivity contribution in [3.8, 4) is 0 Å². The fourth-order valence-electron chi connectivity index (χ4n) is 3.19. The fourth-order valence-corrected chi connectivity index (χ4v) is 3.44. The molecule has 0 aromatic rings. The molecule has 5 heteroatoms. The molecule has 2 rings (SSSR count). The molecular formula is C13H22N2O2S. The van der Waals surface area contributed by atoms with Crippen LogP contribution in [0.25, 0.3) is 0 Å². The van der Waals surface area contributed by atoms with E-state index in [1.807, 2.05) is 11.9 Å². The molecule has 0 aromatic heterocycles. The largest absolute Gasteiger partial charge is 0.392 e. The standard InChI is InChI=1S/C13H22N2O2S/c1-9-7-13(8-9,11(14)18)12(16)15(2)10-3-5-17-6-4-10/h9-10H,3-8H2,1-2H3,(H2,14,18). The van der Waals surface area contributed by atoms with Crippen LogP contribution in [0.5, 0.6) is 0 Å². The topological polar surface area (TPSA) is 55.6 Å². The van der Waals surface area contributed by atoms with E-state index in [2.05, 4.69) is 6.92 Å². The van der Waals surface area contributed by atoms with Crippen molar-refractivity contribution in [3.05, 3.63) is 0 Å². The molecule has 2 aliphatic rings. The zero-order chi connectivity index (χ0) is 13.3. The highest BCUT2D eigenvalue weighted by atomic mass is 32.1. The van der Waals surface area contributed by atoms with Crippen molar-refractivity contribution in [1.29, 1.82) is 0 Å². The molecule has 1 amide bonds. The van der Waals surface area contributed by atoms with Crippen LogP contribution in [-0.2, 0) is 9.53 Å². The van der Waals surface area contributed by atoms with Gasteiger partial charge in [0, 0.05) is 26.3 Å². The third-order valence-corrected chi connectivity index (χ3v) is 4.72. The zero-order valence-corrected chi connectivity index (χ0v) is 12.0. The summed E-state index contributed by atoms with van der Waals surface area (Å²) in [5, 5.41) is 0. The normalized spacial score (nSPS) is 32.7. The molecule has 0 atom stereocenters. The summed E-state index contributed by atoms with van der Waals surface area (Å²) in [7, 11) is 1.88. The second-order valence-electron chi connectivity index (χ2n) is 5.72. The van der Waals surface area contributed by atoms with Crippen molar-refractivity contribution < 1.29 is 9.53 Å². The fraction of sp³-hybridized carbons (Fsp3) is 0.846. The summed E-state index contributed by atoms with van der Waals surface area (Å²) in [5.41, 5.74) is 5.25. The molecular weight excluding hydrogens is 248 g/mol. The van der Waals surface area contributed by atoms with Gasteiger partial charge in [0.15, 0.2) is 0 Å². The second-order valence-corrected chi connectivity index (χ2v) is 6.16. The van der Waals surface area contributed by atoms with E-state index in [0.29, 0.717) is 10.9 Å². The molecule has 0 aromatic carbocycles. The number of nitrogens with zero attached hydrogens (tertiary/aromatic N) is 1. The van der Waals surface area contributed by atoms with E-state index in [-0.39, 0.29) is 11.9 Å². The van der Waals surface area contributed by atoms with E-state index in [0.717, 1.165) is 38.9 Å². The summed E-state index contributed by atoms with van der Waals surface area (Å²) in [6.07, 6.45) is 3.42. The predicted octanol–water partition coefficient (Wildman–Crippen LogP) is 1.33. The number of thiocarbonyl (C=S) groups is 1. The third-order valence-electron chi connectivity index (χ3n) is 4.33. The zero-order valence-electron chi connectivity index (χ0n) is 11.1. The van der Waals surface area contributed by atoms with Crippen LogP contribution in [-0.4, -0.2) is 42.1 Å². The number of carbonyl (C=O) groups excluding carboxylic acids is 1. The molecule has 102 valence electrons. The molecule has 1 saturated carbocycles. The summed E-state index contributed by atoms with van der Waals surface area (Å²) in [4.78, 5) is 14.9. The molecule has 2 N–H and O–H groups in total. The monoisotopic (exact) mass is 270 g/mol. The van der Waals surface area contributed by atoms with Crippen LogP contribution in [0.3, 0.4) is 0 Å². The SMILES string of the molecule is CC1CC(C(=O)N(C)C2CCOCC2)(C(N)=S)C1. The number of hydrogen-bond donors (Lipinski definition) is 1. The first-order valence-electron chi connectivity index (χ1n) is 6.62. The molecule has 0 bridgehead atoms. The average molecular weight is 270 g/mol. The lowest BCUT2D eigenvalue weighted by molar-refractivity contribution is -0.146. The van der Waals surface area contributed by atoms with Crippen molar-refractivity contribution in [2.45, 2.75) is 38.6 Å². The maximum absolute atomic E-state index is 12.7. The molecule has 0 radical (unpaired) electrons. The highest BCUT2D eigenvalue weighted by molar-refractivity contribution is 7.80. The van der Waals surface area contributed by atoms with Gasteiger partial charge in [-0.2, -0.15) is 0 Å². The van der Waals surface area contributed by atoms with E-state index in [1.165, 1.54) is 0 Å². The summed E-state index contributed by atoms with van der Waals surface area (Å²) >= 11 is 5.14. The first kappa shape index (κ1) is 13.7. The van der Waals surface area contributed by atoms with Gasteiger partial charge in [-0.3, -0.25) is 4.79 Å². The Morgan fingerprint density at radius 1 is 1.39 bits per heavy atom. The molecule has 2 fully saturated rings. The molecule has 1 aliphatic heterocycles. The van der Waals surface area contributed by atoms with Gasteiger partial charge < -0.3 is 15.4 Å². The Bertz CT molecular complexity index is 347. The van der Waals surface area contributed by atoms with Gasteiger partial charge in [0.2, 0.25) is 5.91 Å². The van der Waals surface area contributed by atoms with Crippen molar-refractivity contribution in [1.82, 2.24) is 4.90 Å². The van der Waals surface area contributed by atoms with Crippen LogP contribution in [0.1, 0.15) is 32.6 Å². The Balaban J connectivity index is 2.07. The van der Waals surface area contributed by atoms with Gasteiger partial charge >= 0.3 is 0 Å². The maximum atomic E-state index is 12.7. The van der Waals surface area contributed by atoms with Crippen molar-refractivity contribution in [3.63, 3.8) is 0 Å². The Morgan fingerprint density at radius 3 is 2.39 bits per heavy atom. The lowest BCUT2D eigenvalue weighted by Crippen LogP contribution is -2.58. The molecule has 0 unspecified atom stereocenters. The van der Waals surface area contributed by atoms with Crippen molar-refractivity contribution in [2.75, 3.05) is 20.3 Å². The summed E-state index contributed by atoms with van der Waals surface area (Å²) in [5.74, 6) is 0.651. The predicted molar refractivity (Wildman–Crippen MR) is 74.2 cm³/mol. The highest BCUT2D eigenvalue weighted by Gasteiger charge is 2.52. The average Bonchev–Trinajstić information content (AvgIpc) is 2.33. The number of hydrogen-bond acceptors (Lipinski definition) is 3. The smallest absolute Gasteiger partial charge is 0.235 e. The van der Waals surface area contributed by atoms with Gasteiger partial charge in [0.25, 0.3) is 0 Å². The van der Waals surface area contributed by atoms with Crippen LogP contribution in [0, 0.1) is 11.3 Å². The number of ether oxygens (including phenoxy) is 1. The lowest BCUT2D eigenvalue weighted by Gasteiger charge is -2.47. The number of carbonyl (C=O) groups is 1. The molecule has 1 heterocycles. The highest BCUT2D eigenvalue weighted by Crippen LogP contribution is 2.47. The minimum absolute atomic E-state index is 0.111. The summed E-state index contributed by atoms with van der Waals surface area (Å²) in [6.45, 7) is 3.61. The van der Waals surface area contributed by atoms with Crippen LogP contribution in [0.15, 0.2) is 0 Å². The van der Waals surface area contributed by atoms with Crippen LogP contribution in [0.4, 0.5) is 0 Å². The van der Waals surface area contributed by atoms with Crippen LogP contribution in [0.2, 0.25) is 0 Å². The first-order chi connectivity index (χ1) is 8.47. The van der Waals surface area contributed by atoms with Crippen molar-refractivity contribution in [2.24, 2.45) is 17.1 Å². The van der Waals surface area contributed by atoms with Gasteiger partial charge in [-0.15, -0.1) is 0 Å². The minimum atomic E-state index is -0.568. The Morgan fingerprint density at radius 2 is 1.94 bits per heavy atom. The Hall–Kier alpha value is -0.680. The van der Waals surface area contributed by atoms with E-state index >= 15 is 0 Å². The maximum Gasteiger partial charge on any atom is 0.235 e. The number of amides is 1. The van der Waals surface area contributed by atoms with Gasteiger partial charge in [-0.1, -0.05) is 19.1 Å². The molecule has 18 heavy (non-hydrogen) atoms. The van der Waals surface area contributed by atoms with Gasteiger partial charge in [0.05, 0.1) is 10.4 Å². The van der Waals surface area contributed by atoms with E-state index in [4.69, 9.17) is 22.7 Å².